The molecule has 0 unspecified atom stereocenters. The zero-order valence-corrected chi connectivity index (χ0v) is 12.2. The van der Waals surface area contributed by atoms with Crippen molar-refractivity contribution in [1.29, 1.82) is 0 Å². The van der Waals surface area contributed by atoms with Crippen LogP contribution in [0.2, 0.25) is 0 Å². The molecular weight excluding hydrogens is 324 g/mol. The van der Waals surface area contributed by atoms with Crippen molar-refractivity contribution in [3.63, 3.8) is 0 Å². The lowest BCUT2D eigenvalue weighted by Gasteiger charge is -2.07. The number of carbonyl (C=O) groups is 1. The second-order valence-corrected chi connectivity index (χ2v) is 6.51. The molecule has 0 saturated heterocycles. The highest BCUT2D eigenvalue weighted by Crippen LogP contribution is 2.25. The minimum atomic E-state index is -4.33. The first-order valence-corrected chi connectivity index (χ1v) is 7.81. The maximum atomic E-state index is 13.6. The Morgan fingerprint density at radius 2 is 2.00 bits per heavy atom. The number of aromatic nitrogens is 1. The first kappa shape index (κ1) is 15.3. The molecule has 10 heteroatoms. The minimum Gasteiger partial charge on any atom is -0.396 e. The number of sulfonamides is 1. The van der Waals surface area contributed by atoms with Gasteiger partial charge >= 0.3 is 0 Å². The molecule has 0 radical (unpaired) electrons. The van der Waals surface area contributed by atoms with E-state index in [4.69, 9.17) is 5.73 Å². The SMILES string of the molecule is CC(=O)c1csc(NS(=O)(=O)c2cc(N)c(F)cc2F)n1. The molecular formula is C11H9F2N3O3S2. The lowest BCUT2D eigenvalue weighted by molar-refractivity contribution is 0.101. The molecule has 0 aliphatic carbocycles. The van der Waals surface area contributed by atoms with Crippen LogP contribution in [-0.2, 0) is 10.0 Å². The summed E-state index contributed by atoms with van der Waals surface area (Å²) < 4.78 is 52.7. The van der Waals surface area contributed by atoms with Gasteiger partial charge in [-0.3, -0.25) is 9.52 Å². The van der Waals surface area contributed by atoms with Gasteiger partial charge in [0, 0.05) is 18.4 Å². The Balaban J connectivity index is 2.38. The van der Waals surface area contributed by atoms with Crippen molar-refractivity contribution in [3.8, 4) is 0 Å². The number of nitrogens with zero attached hydrogens (tertiary/aromatic N) is 1. The van der Waals surface area contributed by atoms with Gasteiger partial charge in [0.25, 0.3) is 10.0 Å². The number of Topliss-reactive ketones (excluding diaryl/α,β-unsaturated/α-hetero) is 1. The van der Waals surface area contributed by atoms with Crippen molar-refractivity contribution in [3.05, 3.63) is 34.8 Å². The molecule has 21 heavy (non-hydrogen) atoms. The van der Waals surface area contributed by atoms with Crippen LogP contribution in [0.15, 0.2) is 22.4 Å². The van der Waals surface area contributed by atoms with E-state index in [1.807, 2.05) is 4.72 Å². The zero-order chi connectivity index (χ0) is 15.8. The minimum absolute atomic E-state index is 0.0804. The van der Waals surface area contributed by atoms with E-state index < -0.39 is 32.2 Å². The molecule has 2 aromatic rings. The summed E-state index contributed by atoms with van der Waals surface area (Å²) >= 11 is 0.863. The number of carbonyl (C=O) groups excluding carboxylic acids is 1. The van der Waals surface area contributed by atoms with Crippen LogP contribution in [0.3, 0.4) is 0 Å². The predicted molar refractivity (Wildman–Crippen MR) is 73.7 cm³/mol. The fourth-order valence-electron chi connectivity index (χ4n) is 1.40. The molecule has 0 aliphatic heterocycles. The summed E-state index contributed by atoms with van der Waals surface area (Å²) in [6.07, 6.45) is 0. The van der Waals surface area contributed by atoms with Gasteiger partial charge in [-0.05, 0) is 6.07 Å². The zero-order valence-electron chi connectivity index (χ0n) is 10.6. The van der Waals surface area contributed by atoms with Crippen LogP contribution in [0.25, 0.3) is 0 Å². The van der Waals surface area contributed by atoms with E-state index in [1.165, 1.54) is 12.3 Å². The fourth-order valence-corrected chi connectivity index (χ4v) is 3.50. The van der Waals surface area contributed by atoms with Gasteiger partial charge in [-0.2, -0.15) is 0 Å². The van der Waals surface area contributed by atoms with E-state index >= 15 is 0 Å². The number of nitrogens with two attached hydrogens (primary N) is 1. The molecule has 1 heterocycles. The normalized spacial score (nSPS) is 11.4. The summed E-state index contributed by atoms with van der Waals surface area (Å²) in [5.74, 6) is -2.67. The Hall–Kier alpha value is -2.07. The van der Waals surface area contributed by atoms with E-state index in [0.717, 1.165) is 11.3 Å². The number of rotatable bonds is 4. The average Bonchev–Trinajstić information content (AvgIpc) is 2.81. The predicted octanol–water partition coefficient (Wildman–Crippen LogP) is 2.01. The van der Waals surface area contributed by atoms with Gasteiger partial charge in [-0.15, -0.1) is 11.3 Å². The van der Waals surface area contributed by atoms with Gasteiger partial charge in [0.1, 0.15) is 22.2 Å². The molecule has 1 aromatic heterocycles. The van der Waals surface area contributed by atoms with E-state index in [-0.39, 0.29) is 16.6 Å². The van der Waals surface area contributed by atoms with E-state index in [2.05, 4.69) is 4.98 Å². The third kappa shape index (κ3) is 3.16. The Kier molecular flexibility index (Phi) is 3.92. The molecule has 6 nitrogen and oxygen atoms in total. The van der Waals surface area contributed by atoms with Crippen LogP contribution < -0.4 is 10.5 Å². The first-order chi connectivity index (χ1) is 9.70. The average molecular weight is 333 g/mol. The Labute approximate surface area is 122 Å². The van der Waals surface area contributed by atoms with Crippen LogP contribution in [0.5, 0.6) is 0 Å². The van der Waals surface area contributed by atoms with Crippen LogP contribution in [0, 0.1) is 11.6 Å². The Bertz CT molecular complexity index is 818. The van der Waals surface area contributed by atoms with Gasteiger partial charge in [0.15, 0.2) is 10.9 Å². The molecule has 0 fully saturated rings. The molecule has 112 valence electrons. The number of anilines is 2. The fraction of sp³-hybridized carbons (Fsp3) is 0.0909. The molecule has 0 spiro atoms. The highest BCUT2D eigenvalue weighted by molar-refractivity contribution is 7.93. The smallest absolute Gasteiger partial charge is 0.266 e. The number of hydrogen-bond donors (Lipinski definition) is 2. The number of nitrogens with one attached hydrogen (secondary N) is 1. The first-order valence-electron chi connectivity index (χ1n) is 5.44. The van der Waals surface area contributed by atoms with Crippen LogP contribution in [0.4, 0.5) is 19.6 Å². The van der Waals surface area contributed by atoms with Gasteiger partial charge in [-0.25, -0.2) is 22.2 Å². The Morgan fingerprint density at radius 1 is 1.33 bits per heavy atom. The molecule has 0 saturated carbocycles. The van der Waals surface area contributed by atoms with Gasteiger partial charge < -0.3 is 5.73 Å². The van der Waals surface area contributed by atoms with Crippen molar-refractivity contribution in [2.45, 2.75) is 11.8 Å². The Morgan fingerprint density at radius 3 is 2.57 bits per heavy atom. The summed E-state index contributed by atoms with van der Waals surface area (Å²) in [4.78, 5) is 14.0. The summed E-state index contributed by atoms with van der Waals surface area (Å²) in [5.41, 5.74) is 4.81. The largest absolute Gasteiger partial charge is 0.396 e. The summed E-state index contributed by atoms with van der Waals surface area (Å²) in [6.45, 7) is 1.27. The van der Waals surface area contributed by atoms with Crippen molar-refractivity contribution >= 4 is 38.0 Å². The van der Waals surface area contributed by atoms with E-state index in [1.54, 1.807) is 0 Å². The second kappa shape index (κ2) is 5.37. The third-order valence-corrected chi connectivity index (χ3v) is 4.67. The molecule has 0 bridgehead atoms. The maximum Gasteiger partial charge on any atom is 0.266 e. The van der Waals surface area contributed by atoms with Crippen LogP contribution in [0.1, 0.15) is 17.4 Å². The van der Waals surface area contributed by atoms with Gasteiger partial charge in [0.05, 0.1) is 5.69 Å². The highest BCUT2D eigenvalue weighted by Gasteiger charge is 2.23. The van der Waals surface area contributed by atoms with Crippen molar-refractivity contribution in [2.75, 3.05) is 10.5 Å². The second-order valence-electron chi connectivity index (χ2n) is 4.00. The number of halogens is 2. The number of nitrogen functional groups attached to an aromatic ring is 1. The highest BCUT2D eigenvalue weighted by atomic mass is 32.2. The van der Waals surface area contributed by atoms with Crippen molar-refractivity contribution < 1.29 is 22.0 Å². The molecule has 0 aliphatic rings. The van der Waals surface area contributed by atoms with Gasteiger partial charge in [-0.1, -0.05) is 0 Å². The number of hydrogen-bond acceptors (Lipinski definition) is 6. The molecule has 3 N–H and O–H groups in total. The van der Waals surface area contributed by atoms with Crippen molar-refractivity contribution in [2.24, 2.45) is 0 Å². The number of benzene rings is 1. The summed E-state index contributed by atoms with van der Waals surface area (Å²) in [5, 5.41) is 1.25. The number of thiazole rings is 1. The monoisotopic (exact) mass is 333 g/mol. The molecule has 2 rings (SSSR count). The topological polar surface area (TPSA) is 102 Å². The van der Waals surface area contributed by atoms with Gasteiger partial charge in [0.2, 0.25) is 0 Å². The van der Waals surface area contributed by atoms with Crippen LogP contribution >= 0.6 is 11.3 Å². The van der Waals surface area contributed by atoms with E-state index in [9.17, 15) is 22.0 Å². The molecule has 0 amide bonds. The quantitative estimate of drug-likeness (QED) is 0.658. The molecule has 1 aromatic carbocycles. The van der Waals surface area contributed by atoms with Crippen molar-refractivity contribution in [1.82, 2.24) is 4.98 Å². The lowest BCUT2D eigenvalue weighted by Crippen LogP contribution is -2.15. The van der Waals surface area contributed by atoms with Crippen LogP contribution in [-0.4, -0.2) is 19.2 Å². The standard InChI is InChI=1S/C11H9F2N3O3S2/c1-5(17)9-4-20-11(15-9)16-21(18,19)10-3-8(14)6(12)2-7(10)13/h2-4H,14H2,1H3,(H,15,16). The summed E-state index contributed by atoms with van der Waals surface area (Å²) in [7, 11) is -4.33. The third-order valence-electron chi connectivity index (χ3n) is 2.43. The van der Waals surface area contributed by atoms with E-state index in [0.29, 0.717) is 12.1 Å². The molecule has 0 atom stereocenters. The lowest BCUT2D eigenvalue weighted by atomic mass is 10.3. The maximum absolute atomic E-state index is 13.6. The number of ketones is 1. The summed E-state index contributed by atoms with van der Waals surface area (Å²) in [6, 6.07) is 1.05.